The zero-order valence-electron chi connectivity index (χ0n) is 10.9. The van der Waals surface area contributed by atoms with Gasteiger partial charge in [0.15, 0.2) is 0 Å². The van der Waals surface area contributed by atoms with Crippen LogP contribution in [0, 0.1) is 0 Å². The van der Waals surface area contributed by atoms with Crippen LogP contribution in [0.2, 0.25) is 0 Å². The number of anilines is 3. The first-order valence-corrected chi connectivity index (χ1v) is 6.22. The summed E-state index contributed by atoms with van der Waals surface area (Å²) in [6.07, 6.45) is 2.45. The third kappa shape index (κ3) is 3.19. The lowest BCUT2D eigenvalue weighted by Crippen LogP contribution is -2.24. The molecule has 1 aromatic heterocycles. The molecule has 0 aromatic carbocycles. The van der Waals surface area contributed by atoms with Crippen LogP contribution in [0.25, 0.3) is 0 Å². The summed E-state index contributed by atoms with van der Waals surface area (Å²) < 4.78 is 5.16. The Kier molecular flexibility index (Phi) is 4.14. The van der Waals surface area contributed by atoms with Gasteiger partial charge in [0.05, 0.1) is 6.10 Å². The molecule has 7 heteroatoms. The van der Waals surface area contributed by atoms with Gasteiger partial charge in [0.1, 0.15) is 0 Å². The Labute approximate surface area is 107 Å². The van der Waals surface area contributed by atoms with E-state index in [4.69, 9.17) is 10.5 Å². The van der Waals surface area contributed by atoms with E-state index in [0.29, 0.717) is 18.4 Å². The predicted molar refractivity (Wildman–Crippen MR) is 70.6 cm³/mol. The van der Waals surface area contributed by atoms with Crippen molar-refractivity contribution in [3.63, 3.8) is 0 Å². The minimum atomic E-state index is 0.0956. The lowest BCUT2D eigenvalue weighted by atomic mass is 10.4. The summed E-state index contributed by atoms with van der Waals surface area (Å²) in [5, 5.41) is 3.11. The van der Waals surface area contributed by atoms with Crippen molar-refractivity contribution in [1.29, 1.82) is 0 Å². The van der Waals surface area contributed by atoms with Crippen LogP contribution < -0.4 is 16.0 Å². The number of aromatic nitrogens is 3. The summed E-state index contributed by atoms with van der Waals surface area (Å²) in [6, 6.07) is 0. The van der Waals surface area contributed by atoms with Crippen molar-refractivity contribution < 1.29 is 4.74 Å². The minimum absolute atomic E-state index is 0.0956. The average Bonchev–Trinajstić information content (AvgIpc) is 2.89. The summed E-state index contributed by atoms with van der Waals surface area (Å²) in [5.74, 6) is 1.42. The van der Waals surface area contributed by atoms with E-state index in [2.05, 4.69) is 25.2 Å². The fourth-order valence-corrected chi connectivity index (χ4v) is 1.84. The Balaban J connectivity index is 2.06. The number of nitrogens with two attached hydrogens (primary N) is 1. The second-order valence-corrected chi connectivity index (χ2v) is 4.44. The molecule has 2 heterocycles. The lowest BCUT2D eigenvalue weighted by molar-refractivity contribution is 0.128. The van der Waals surface area contributed by atoms with Gasteiger partial charge in [0, 0.05) is 26.7 Å². The molecule has 0 radical (unpaired) electrons. The SMILES string of the molecule is COC(C)CNc1nc(N)nc(N2CCCC2)n1. The monoisotopic (exact) mass is 252 g/mol. The van der Waals surface area contributed by atoms with Gasteiger partial charge in [-0.05, 0) is 19.8 Å². The van der Waals surface area contributed by atoms with Crippen molar-refractivity contribution in [1.82, 2.24) is 15.0 Å². The van der Waals surface area contributed by atoms with Gasteiger partial charge in [-0.3, -0.25) is 0 Å². The number of nitrogen functional groups attached to an aromatic ring is 1. The molecule has 1 unspecified atom stereocenters. The zero-order chi connectivity index (χ0) is 13.0. The lowest BCUT2D eigenvalue weighted by Gasteiger charge is -2.16. The van der Waals surface area contributed by atoms with Crippen molar-refractivity contribution in [2.75, 3.05) is 42.7 Å². The average molecular weight is 252 g/mol. The van der Waals surface area contributed by atoms with E-state index in [1.165, 1.54) is 12.8 Å². The van der Waals surface area contributed by atoms with Crippen LogP contribution in [0.1, 0.15) is 19.8 Å². The molecule has 100 valence electrons. The van der Waals surface area contributed by atoms with Crippen molar-refractivity contribution in [2.24, 2.45) is 0 Å². The van der Waals surface area contributed by atoms with Crippen LogP contribution in [0.3, 0.4) is 0 Å². The molecule has 0 amide bonds. The Morgan fingerprint density at radius 1 is 1.33 bits per heavy atom. The first-order chi connectivity index (χ1) is 8.69. The summed E-state index contributed by atoms with van der Waals surface area (Å²) >= 11 is 0. The number of rotatable bonds is 5. The fraction of sp³-hybridized carbons (Fsp3) is 0.727. The fourth-order valence-electron chi connectivity index (χ4n) is 1.84. The van der Waals surface area contributed by atoms with E-state index in [0.717, 1.165) is 13.1 Å². The molecule has 3 N–H and O–H groups in total. The van der Waals surface area contributed by atoms with E-state index in [9.17, 15) is 0 Å². The molecule has 1 fully saturated rings. The van der Waals surface area contributed by atoms with E-state index in [1.807, 2.05) is 6.92 Å². The third-order valence-corrected chi connectivity index (χ3v) is 2.98. The summed E-state index contributed by atoms with van der Waals surface area (Å²) in [7, 11) is 1.67. The Hall–Kier alpha value is -1.63. The van der Waals surface area contributed by atoms with Crippen molar-refractivity contribution in [2.45, 2.75) is 25.9 Å². The third-order valence-electron chi connectivity index (χ3n) is 2.98. The Morgan fingerprint density at radius 3 is 2.72 bits per heavy atom. The molecule has 1 atom stereocenters. The first kappa shape index (κ1) is 12.8. The highest BCUT2D eigenvalue weighted by atomic mass is 16.5. The number of ether oxygens (including phenoxy) is 1. The van der Waals surface area contributed by atoms with Gasteiger partial charge in [-0.2, -0.15) is 15.0 Å². The van der Waals surface area contributed by atoms with Crippen LogP contribution >= 0.6 is 0 Å². The van der Waals surface area contributed by atoms with Crippen molar-refractivity contribution >= 4 is 17.8 Å². The zero-order valence-corrected chi connectivity index (χ0v) is 10.9. The molecular weight excluding hydrogens is 232 g/mol. The van der Waals surface area contributed by atoms with Gasteiger partial charge in [-0.15, -0.1) is 0 Å². The van der Waals surface area contributed by atoms with E-state index in [-0.39, 0.29) is 12.1 Å². The predicted octanol–water partition coefficient (Wildman–Crippen LogP) is 0.501. The van der Waals surface area contributed by atoms with E-state index < -0.39 is 0 Å². The number of hydrogen-bond acceptors (Lipinski definition) is 7. The highest BCUT2D eigenvalue weighted by molar-refractivity contribution is 5.42. The Bertz CT molecular complexity index is 393. The van der Waals surface area contributed by atoms with E-state index >= 15 is 0 Å². The maximum atomic E-state index is 5.71. The van der Waals surface area contributed by atoms with Gasteiger partial charge in [0.25, 0.3) is 0 Å². The second kappa shape index (κ2) is 5.81. The molecule has 7 nitrogen and oxygen atoms in total. The quantitative estimate of drug-likeness (QED) is 0.788. The molecule has 1 aromatic rings. The van der Waals surface area contributed by atoms with Crippen LogP contribution in [0.5, 0.6) is 0 Å². The van der Waals surface area contributed by atoms with Crippen molar-refractivity contribution in [3.8, 4) is 0 Å². The van der Waals surface area contributed by atoms with Crippen LogP contribution in [-0.4, -0.2) is 47.8 Å². The highest BCUT2D eigenvalue weighted by Gasteiger charge is 2.16. The molecule has 0 saturated carbocycles. The first-order valence-electron chi connectivity index (χ1n) is 6.22. The molecule has 0 aliphatic carbocycles. The van der Waals surface area contributed by atoms with E-state index in [1.54, 1.807) is 7.11 Å². The van der Waals surface area contributed by atoms with Gasteiger partial charge in [0.2, 0.25) is 17.8 Å². The smallest absolute Gasteiger partial charge is 0.231 e. The number of hydrogen-bond donors (Lipinski definition) is 2. The normalized spacial score (nSPS) is 16.9. The molecular formula is C11H20N6O. The van der Waals surface area contributed by atoms with Crippen molar-refractivity contribution in [3.05, 3.63) is 0 Å². The van der Waals surface area contributed by atoms with Gasteiger partial charge in [-0.25, -0.2) is 0 Å². The largest absolute Gasteiger partial charge is 0.380 e. The second-order valence-electron chi connectivity index (χ2n) is 4.44. The van der Waals surface area contributed by atoms with Gasteiger partial charge in [-0.1, -0.05) is 0 Å². The topological polar surface area (TPSA) is 89.2 Å². The van der Waals surface area contributed by atoms with Gasteiger partial charge < -0.3 is 20.7 Å². The summed E-state index contributed by atoms with van der Waals surface area (Å²) in [6.45, 7) is 4.58. The Morgan fingerprint density at radius 2 is 2.06 bits per heavy atom. The van der Waals surface area contributed by atoms with Crippen LogP contribution in [0.4, 0.5) is 17.8 Å². The van der Waals surface area contributed by atoms with Crippen LogP contribution in [0.15, 0.2) is 0 Å². The molecule has 1 aliphatic rings. The van der Waals surface area contributed by atoms with Gasteiger partial charge >= 0.3 is 0 Å². The molecule has 2 rings (SSSR count). The maximum absolute atomic E-state index is 5.71. The molecule has 0 bridgehead atoms. The number of methoxy groups -OCH3 is 1. The van der Waals surface area contributed by atoms with Crippen LogP contribution in [-0.2, 0) is 4.74 Å². The standard InChI is InChI=1S/C11H20N6O/c1-8(18-2)7-13-10-14-9(12)15-11(16-10)17-5-3-4-6-17/h8H,3-7H2,1-2H3,(H3,12,13,14,15,16). The molecule has 0 spiro atoms. The number of nitrogens with zero attached hydrogens (tertiary/aromatic N) is 4. The summed E-state index contributed by atoms with van der Waals surface area (Å²) in [4.78, 5) is 14.8. The maximum Gasteiger partial charge on any atom is 0.231 e. The highest BCUT2D eigenvalue weighted by Crippen LogP contribution is 2.17. The molecule has 1 saturated heterocycles. The number of nitrogens with one attached hydrogen (secondary N) is 1. The minimum Gasteiger partial charge on any atom is -0.380 e. The summed E-state index contributed by atoms with van der Waals surface area (Å²) in [5.41, 5.74) is 5.71. The molecule has 1 aliphatic heterocycles. The molecule has 18 heavy (non-hydrogen) atoms.